The molecule has 0 fully saturated rings. The number of ether oxygens (including phenoxy) is 2. The average molecular weight is 403 g/mol. The van der Waals surface area contributed by atoms with Crippen LogP contribution in [-0.4, -0.2) is 39.8 Å². The van der Waals surface area contributed by atoms with E-state index < -0.39 is 28.3 Å². The minimum atomic E-state index is -3.38. The lowest BCUT2D eigenvalue weighted by molar-refractivity contribution is -0.142. The van der Waals surface area contributed by atoms with E-state index >= 15 is 0 Å². The number of carbonyl (C=O) groups is 2. The van der Waals surface area contributed by atoms with Gasteiger partial charge in [-0.15, -0.1) is 0 Å². The molecule has 8 heteroatoms. The first-order chi connectivity index (χ1) is 13.3. The van der Waals surface area contributed by atoms with Crippen molar-refractivity contribution in [3.63, 3.8) is 0 Å². The zero-order valence-electron chi connectivity index (χ0n) is 15.5. The molecule has 0 saturated heterocycles. The Morgan fingerprint density at radius 1 is 1.11 bits per heavy atom. The standard InChI is InChI=1S/C20H21NO6S/c1-3-26-18-10-5-4-7-15(18)11-12-20(23)27-14-19(22)21-16-8-6-9-17(13-16)28(2,24)25/h4-13H,3,14H2,1-2H3,(H,21,22)/b12-11+. The molecule has 0 aliphatic heterocycles. The van der Waals surface area contributed by atoms with Gasteiger partial charge in [-0.05, 0) is 37.3 Å². The highest BCUT2D eigenvalue weighted by molar-refractivity contribution is 7.90. The zero-order chi connectivity index (χ0) is 20.6. The summed E-state index contributed by atoms with van der Waals surface area (Å²) >= 11 is 0. The second kappa shape index (κ2) is 9.70. The molecular weight excluding hydrogens is 382 g/mol. The molecule has 0 saturated carbocycles. The number of benzene rings is 2. The van der Waals surface area contributed by atoms with Crippen LogP contribution in [0, 0.1) is 0 Å². The van der Waals surface area contributed by atoms with E-state index in [9.17, 15) is 18.0 Å². The maximum absolute atomic E-state index is 11.9. The summed E-state index contributed by atoms with van der Waals surface area (Å²) in [6.45, 7) is 1.86. The molecule has 1 amide bonds. The average Bonchev–Trinajstić information content (AvgIpc) is 2.65. The minimum absolute atomic E-state index is 0.0817. The lowest BCUT2D eigenvalue weighted by atomic mass is 10.2. The minimum Gasteiger partial charge on any atom is -0.493 e. The lowest BCUT2D eigenvalue weighted by Crippen LogP contribution is -2.20. The van der Waals surface area contributed by atoms with Crippen molar-refractivity contribution in [1.29, 1.82) is 0 Å². The molecule has 28 heavy (non-hydrogen) atoms. The van der Waals surface area contributed by atoms with Crippen LogP contribution in [0.1, 0.15) is 12.5 Å². The van der Waals surface area contributed by atoms with E-state index in [1.807, 2.05) is 19.1 Å². The summed E-state index contributed by atoms with van der Waals surface area (Å²) in [7, 11) is -3.38. The van der Waals surface area contributed by atoms with Crippen LogP contribution in [0.4, 0.5) is 5.69 Å². The molecule has 0 aliphatic carbocycles. The fourth-order valence-corrected chi connectivity index (χ4v) is 2.92. The van der Waals surface area contributed by atoms with Crippen LogP contribution < -0.4 is 10.1 Å². The first kappa shape index (κ1) is 21.2. The highest BCUT2D eigenvalue weighted by Crippen LogP contribution is 2.19. The number of carbonyl (C=O) groups excluding carboxylic acids is 2. The van der Waals surface area contributed by atoms with Crippen molar-refractivity contribution < 1.29 is 27.5 Å². The maximum Gasteiger partial charge on any atom is 0.331 e. The van der Waals surface area contributed by atoms with Gasteiger partial charge in [0.2, 0.25) is 0 Å². The topological polar surface area (TPSA) is 98.8 Å². The van der Waals surface area contributed by atoms with Gasteiger partial charge in [0.1, 0.15) is 5.75 Å². The van der Waals surface area contributed by atoms with Crippen LogP contribution in [0.25, 0.3) is 6.08 Å². The molecule has 7 nitrogen and oxygen atoms in total. The molecule has 0 unspecified atom stereocenters. The van der Waals surface area contributed by atoms with Crippen molar-refractivity contribution in [2.45, 2.75) is 11.8 Å². The van der Waals surface area contributed by atoms with Gasteiger partial charge in [-0.2, -0.15) is 0 Å². The Labute approximate surface area is 163 Å². The van der Waals surface area contributed by atoms with E-state index in [0.717, 1.165) is 6.26 Å². The summed E-state index contributed by atoms with van der Waals surface area (Å²) in [5, 5.41) is 2.48. The number of hydrogen-bond acceptors (Lipinski definition) is 6. The van der Waals surface area contributed by atoms with Gasteiger partial charge in [-0.1, -0.05) is 24.3 Å². The Morgan fingerprint density at radius 3 is 2.57 bits per heavy atom. The molecule has 1 N–H and O–H groups in total. The Morgan fingerprint density at radius 2 is 1.86 bits per heavy atom. The number of amides is 1. The molecule has 0 atom stereocenters. The smallest absolute Gasteiger partial charge is 0.331 e. The number of sulfone groups is 1. The molecular formula is C20H21NO6S. The van der Waals surface area contributed by atoms with Gasteiger partial charge in [-0.3, -0.25) is 4.79 Å². The molecule has 148 valence electrons. The van der Waals surface area contributed by atoms with Crippen molar-refractivity contribution in [1.82, 2.24) is 0 Å². The van der Waals surface area contributed by atoms with Crippen LogP contribution in [0.5, 0.6) is 5.75 Å². The largest absolute Gasteiger partial charge is 0.493 e. The van der Waals surface area contributed by atoms with E-state index in [4.69, 9.17) is 9.47 Å². The quantitative estimate of drug-likeness (QED) is 0.537. The molecule has 2 rings (SSSR count). The zero-order valence-corrected chi connectivity index (χ0v) is 16.4. The number of nitrogens with one attached hydrogen (secondary N) is 1. The van der Waals surface area contributed by atoms with Crippen molar-refractivity contribution in [3.8, 4) is 5.75 Å². The first-order valence-corrected chi connectivity index (χ1v) is 10.4. The number of hydrogen-bond donors (Lipinski definition) is 1. The van der Waals surface area contributed by atoms with Gasteiger partial charge in [0.15, 0.2) is 16.4 Å². The highest BCUT2D eigenvalue weighted by atomic mass is 32.2. The van der Waals surface area contributed by atoms with E-state index in [-0.39, 0.29) is 4.90 Å². The van der Waals surface area contributed by atoms with E-state index in [1.165, 1.54) is 24.3 Å². The first-order valence-electron chi connectivity index (χ1n) is 8.46. The fourth-order valence-electron chi connectivity index (χ4n) is 2.25. The van der Waals surface area contributed by atoms with Crippen LogP contribution in [0.3, 0.4) is 0 Å². The Bertz CT molecular complexity index is 982. The third kappa shape index (κ3) is 6.55. The second-order valence-corrected chi connectivity index (χ2v) is 7.78. The van der Waals surface area contributed by atoms with Gasteiger partial charge in [0, 0.05) is 23.6 Å². The summed E-state index contributed by atoms with van der Waals surface area (Å²) in [5.41, 5.74) is 1.01. The van der Waals surface area contributed by atoms with Crippen LogP contribution >= 0.6 is 0 Å². The second-order valence-electron chi connectivity index (χ2n) is 5.76. The predicted molar refractivity (Wildman–Crippen MR) is 106 cm³/mol. The van der Waals surface area contributed by atoms with E-state index in [1.54, 1.807) is 24.3 Å². The Hall–Kier alpha value is -3.13. The number of para-hydroxylation sites is 1. The van der Waals surface area contributed by atoms with E-state index in [2.05, 4.69) is 5.32 Å². The number of rotatable bonds is 8. The SMILES string of the molecule is CCOc1ccccc1/C=C/C(=O)OCC(=O)Nc1cccc(S(C)(=O)=O)c1. The number of esters is 1. The van der Waals surface area contributed by atoms with Crippen LogP contribution in [0.15, 0.2) is 59.5 Å². The third-order valence-corrected chi connectivity index (χ3v) is 4.62. The maximum atomic E-state index is 11.9. The molecule has 2 aromatic carbocycles. The van der Waals surface area contributed by atoms with Gasteiger partial charge < -0.3 is 14.8 Å². The molecule has 2 aromatic rings. The monoisotopic (exact) mass is 403 g/mol. The molecule has 0 bridgehead atoms. The Kier molecular flexibility index (Phi) is 7.34. The van der Waals surface area contributed by atoms with Crippen molar-refractivity contribution in [2.24, 2.45) is 0 Å². The molecule has 0 heterocycles. The lowest BCUT2D eigenvalue weighted by Gasteiger charge is -2.07. The van der Waals surface area contributed by atoms with Gasteiger partial charge in [0.05, 0.1) is 11.5 Å². The summed E-state index contributed by atoms with van der Waals surface area (Å²) in [5.74, 6) is -0.633. The van der Waals surface area contributed by atoms with Crippen LogP contribution in [0.2, 0.25) is 0 Å². The molecule has 0 spiro atoms. The molecule has 0 radical (unpaired) electrons. The Balaban J connectivity index is 1.90. The summed E-state index contributed by atoms with van der Waals surface area (Å²) < 4.78 is 33.4. The van der Waals surface area contributed by atoms with E-state index in [0.29, 0.717) is 23.6 Å². The number of anilines is 1. The highest BCUT2D eigenvalue weighted by Gasteiger charge is 2.10. The molecule has 0 aliphatic rings. The van der Waals surface area contributed by atoms with Crippen molar-refractivity contribution in [3.05, 3.63) is 60.2 Å². The summed E-state index contributed by atoms with van der Waals surface area (Å²) in [4.78, 5) is 23.8. The fraction of sp³-hybridized carbons (Fsp3) is 0.200. The van der Waals surface area contributed by atoms with Crippen molar-refractivity contribution >= 4 is 33.5 Å². The van der Waals surface area contributed by atoms with Gasteiger partial charge in [-0.25, -0.2) is 13.2 Å². The van der Waals surface area contributed by atoms with Crippen molar-refractivity contribution in [2.75, 3.05) is 24.8 Å². The summed E-state index contributed by atoms with van der Waals surface area (Å²) in [6, 6.07) is 13.0. The van der Waals surface area contributed by atoms with Gasteiger partial charge in [0.25, 0.3) is 5.91 Å². The third-order valence-electron chi connectivity index (χ3n) is 3.51. The predicted octanol–water partition coefficient (Wildman–Crippen LogP) is 2.68. The summed E-state index contributed by atoms with van der Waals surface area (Å²) in [6.07, 6.45) is 3.82. The molecule has 0 aromatic heterocycles. The van der Waals surface area contributed by atoms with Crippen LogP contribution in [-0.2, 0) is 24.2 Å². The van der Waals surface area contributed by atoms with Gasteiger partial charge >= 0.3 is 5.97 Å². The normalized spacial score (nSPS) is 11.2.